The van der Waals surface area contributed by atoms with E-state index in [0.29, 0.717) is 30.4 Å². The Morgan fingerprint density at radius 2 is 1.48 bits per heavy atom. The minimum Gasteiger partial charge on any atom is -0.493 e. The highest BCUT2D eigenvalue weighted by Crippen LogP contribution is 2.37. The lowest BCUT2D eigenvalue weighted by Crippen LogP contribution is -2.07. The van der Waals surface area contributed by atoms with Crippen LogP contribution in [0.25, 0.3) is 0 Å². The van der Waals surface area contributed by atoms with Crippen LogP contribution in [0.1, 0.15) is 11.1 Å². The van der Waals surface area contributed by atoms with Crippen molar-refractivity contribution in [1.29, 1.82) is 0 Å². The fourth-order valence-corrected chi connectivity index (χ4v) is 2.21. The van der Waals surface area contributed by atoms with Gasteiger partial charge in [0, 0.05) is 0 Å². The summed E-state index contributed by atoms with van der Waals surface area (Å²) in [5, 5.41) is 0. The lowest BCUT2D eigenvalue weighted by Gasteiger charge is -2.15. The Kier molecular flexibility index (Phi) is 5.46. The summed E-state index contributed by atoms with van der Waals surface area (Å²) < 4.78 is 16.6. The molecule has 0 aliphatic carbocycles. The Labute approximate surface area is 125 Å². The molecule has 4 heteroatoms. The summed E-state index contributed by atoms with van der Waals surface area (Å²) in [6.07, 6.45) is 0.836. The molecule has 2 rings (SSSR count). The summed E-state index contributed by atoms with van der Waals surface area (Å²) >= 11 is 0. The van der Waals surface area contributed by atoms with E-state index in [1.54, 1.807) is 14.2 Å². The van der Waals surface area contributed by atoms with Crippen molar-refractivity contribution in [3.8, 4) is 17.2 Å². The van der Waals surface area contributed by atoms with Crippen molar-refractivity contribution in [2.45, 2.75) is 13.0 Å². The molecule has 0 saturated heterocycles. The highest BCUT2D eigenvalue weighted by atomic mass is 16.5. The molecule has 112 valence electrons. The van der Waals surface area contributed by atoms with Crippen molar-refractivity contribution < 1.29 is 14.2 Å². The van der Waals surface area contributed by atoms with Gasteiger partial charge in [-0.05, 0) is 36.2 Å². The molecule has 2 aromatic rings. The summed E-state index contributed by atoms with van der Waals surface area (Å²) in [6, 6.07) is 13.7. The Morgan fingerprint density at radius 1 is 0.857 bits per heavy atom. The number of benzene rings is 2. The molecule has 0 radical (unpaired) electrons. The minimum absolute atomic E-state index is 0.451. The van der Waals surface area contributed by atoms with E-state index in [1.807, 2.05) is 36.4 Å². The third-order valence-electron chi connectivity index (χ3n) is 3.29. The Bertz CT molecular complexity index is 562. The van der Waals surface area contributed by atoms with Gasteiger partial charge in [0.1, 0.15) is 6.61 Å². The van der Waals surface area contributed by atoms with Gasteiger partial charge in [-0.15, -0.1) is 0 Å². The number of hydrogen-bond donors (Lipinski definition) is 1. The smallest absolute Gasteiger partial charge is 0.203 e. The fourth-order valence-electron chi connectivity index (χ4n) is 2.21. The van der Waals surface area contributed by atoms with E-state index >= 15 is 0 Å². The standard InChI is InChI=1S/C17H21NO3/c1-19-15-8-5-9-16(20-2)17(15)21-12-14-7-4-3-6-13(14)10-11-18/h3-9H,10-12,18H2,1-2H3. The van der Waals surface area contributed by atoms with Gasteiger partial charge in [-0.3, -0.25) is 0 Å². The van der Waals surface area contributed by atoms with E-state index in [2.05, 4.69) is 6.07 Å². The van der Waals surface area contributed by atoms with Crippen LogP contribution in [0.5, 0.6) is 17.2 Å². The number of nitrogens with two attached hydrogens (primary N) is 1. The van der Waals surface area contributed by atoms with Crippen LogP contribution >= 0.6 is 0 Å². The molecular weight excluding hydrogens is 266 g/mol. The van der Waals surface area contributed by atoms with Gasteiger partial charge in [-0.1, -0.05) is 30.3 Å². The molecule has 0 saturated carbocycles. The molecule has 0 bridgehead atoms. The van der Waals surface area contributed by atoms with Gasteiger partial charge in [0.2, 0.25) is 5.75 Å². The summed E-state index contributed by atoms with van der Waals surface area (Å²) in [4.78, 5) is 0. The lowest BCUT2D eigenvalue weighted by molar-refractivity contribution is 0.265. The monoisotopic (exact) mass is 287 g/mol. The lowest BCUT2D eigenvalue weighted by atomic mass is 10.1. The van der Waals surface area contributed by atoms with Gasteiger partial charge in [-0.2, -0.15) is 0 Å². The number of hydrogen-bond acceptors (Lipinski definition) is 4. The minimum atomic E-state index is 0.451. The first-order valence-electron chi connectivity index (χ1n) is 6.90. The molecule has 0 atom stereocenters. The molecule has 0 aliphatic heterocycles. The van der Waals surface area contributed by atoms with Crippen LogP contribution in [0.15, 0.2) is 42.5 Å². The van der Waals surface area contributed by atoms with Crippen molar-refractivity contribution in [3.63, 3.8) is 0 Å². The first-order valence-corrected chi connectivity index (χ1v) is 6.90. The molecule has 0 fully saturated rings. The van der Waals surface area contributed by atoms with Crippen LogP contribution in [-0.2, 0) is 13.0 Å². The average Bonchev–Trinajstić information content (AvgIpc) is 2.54. The molecule has 0 aliphatic rings. The molecule has 0 heterocycles. The molecular formula is C17H21NO3. The van der Waals surface area contributed by atoms with E-state index in [0.717, 1.165) is 12.0 Å². The number of rotatable bonds is 7. The predicted octanol–water partition coefficient (Wildman–Crippen LogP) is 2.78. The summed E-state index contributed by atoms with van der Waals surface area (Å²) in [5.74, 6) is 1.93. The summed E-state index contributed by atoms with van der Waals surface area (Å²) in [7, 11) is 3.23. The van der Waals surface area contributed by atoms with Crippen LogP contribution in [-0.4, -0.2) is 20.8 Å². The zero-order valence-electron chi connectivity index (χ0n) is 12.5. The number of para-hydroxylation sites is 1. The van der Waals surface area contributed by atoms with E-state index < -0.39 is 0 Å². The number of ether oxygens (including phenoxy) is 3. The van der Waals surface area contributed by atoms with Crippen LogP contribution in [0.4, 0.5) is 0 Å². The van der Waals surface area contributed by atoms with Gasteiger partial charge in [0.15, 0.2) is 11.5 Å². The molecule has 0 spiro atoms. The molecule has 0 amide bonds. The maximum absolute atomic E-state index is 5.93. The van der Waals surface area contributed by atoms with Crippen LogP contribution < -0.4 is 19.9 Å². The first-order chi connectivity index (χ1) is 10.3. The Balaban J connectivity index is 2.20. The molecule has 0 aromatic heterocycles. The van der Waals surface area contributed by atoms with Crippen molar-refractivity contribution in [1.82, 2.24) is 0 Å². The average molecular weight is 287 g/mol. The van der Waals surface area contributed by atoms with Gasteiger partial charge in [-0.25, -0.2) is 0 Å². The Morgan fingerprint density at radius 3 is 2.05 bits per heavy atom. The van der Waals surface area contributed by atoms with Crippen molar-refractivity contribution in [2.24, 2.45) is 5.73 Å². The van der Waals surface area contributed by atoms with Crippen LogP contribution in [0, 0.1) is 0 Å². The van der Waals surface area contributed by atoms with Gasteiger partial charge >= 0.3 is 0 Å². The predicted molar refractivity (Wildman–Crippen MR) is 83.1 cm³/mol. The second-order valence-electron chi connectivity index (χ2n) is 4.59. The highest BCUT2D eigenvalue weighted by Gasteiger charge is 2.12. The van der Waals surface area contributed by atoms with Crippen LogP contribution in [0.3, 0.4) is 0 Å². The topological polar surface area (TPSA) is 53.7 Å². The summed E-state index contributed by atoms with van der Waals surface area (Å²) in [6.45, 7) is 1.07. The molecule has 0 unspecified atom stereocenters. The second kappa shape index (κ2) is 7.55. The third-order valence-corrected chi connectivity index (χ3v) is 3.29. The SMILES string of the molecule is COc1cccc(OC)c1OCc1ccccc1CCN. The van der Waals surface area contributed by atoms with Crippen molar-refractivity contribution in [2.75, 3.05) is 20.8 Å². The van der Waals surface area contributed by atoms with Crippen molar-refractivity contribution in [3.05, 3.63) is 53.6 Å². The maximum Gasteiger partial charge on any atom is 0.203 e. The zero-order chi connectivity index (χ0) is 15.1. The first kappa shape index (κ1) is 15.2. The highest BCUT2D eigenvalue weighted by molar-refractivity contribution is 5.51. The van der Waals surface area contributed by atoms with Crippen LogP contribution in [0.2, 0.25) is 0 Å². The molecule has 21 heavy (non-hydrogen) atoms. The molecule has 2 N–H and O–H groups in total. The van der Waals surface area contributed by atoms with Gasteiger partial charge in [0.25, 0.3) is 0 Å². The van der Waals surface area contributed by atoms with Gasteiger partial charge < -0.3 is 19.9 Å². The summed E-state index contributed by atoms with van der Waals surface area (Å²) in [5.41, 5.74) is 7.97. The van der Waals surface area contributed by atoms with Gasteiger partial charge in [0.05, 0.1) is 14.2 Å². The number of methoxy groups -OCH3 is 2. The van der Waals surface area contributed by atoms with E-state index in [9.17, 15) is 0 Å². The van der Waals surface area contributed by atoms with E-state index in [1.165, 1.54) is 5.56 Å². The Hall–Kier alpha value is -2.20. The normalized spacial score (nSPS) is 10.2. The largest absolute Gasteiger partial charge is 0.493 e. The fraction of sp³-hybridized carbons (Fsp3) is 0.294. The van der Waals surface area contributed by atoms with E-state index in [4.69, 9.17) is 19.9 Å². The maximum atomic E-state index is 5.93. The second-order valence-corrected chi connectivity index (χ2v) is 4.59. The quantitative estimate of drug-likeness (QED) is 0.851. The molecule has 4 nitrogen and oxygen atoms in total. The zero-order valence-corrected chi connectivity index (χ0v) is 12.5. The van der Waals surface area contributed by atoms with Crippen molar-refractivity contribution >= 4 is 0 Å². The third kappa shape index (κ3) is 3.67. The van der Waals surface area contributed by atoms with E-state index in [-0.39, 0.29) is 0 Å². The molecule has 2 aromatic carbocycles.